The summed E-state index contributed by atoms with van der Waals surface area (Å²) in [6.45, 7) is -0.678. The van der Waals surface area contributed by atoms with E-state index < -0.39 is 34.2 Å². The number of benzene rings is 3. The lowest BCUT2D eigenvalue weighted by atomic mass is 10.1. The van der Waals surface area contributed by atoms with Crippen LogP contribution in [-0.2, 0) is 21.0 Å². The Morgan fingerprint density at radius 1 is 1.03 bits per heavy atom. The first-order chi connectivity index (χ1) is 16.1. The van der Waals surface area contributed by atoms with Gasteiger partial charge in [0.2, 0.25) is 0 Å². The first kappa shape index (κ1) is 24.8. The molecule has 3 rings (SSSR count). The molecule has 0 saturated carbocycles. The maximum atomic E-state index is 13.3. The van der Waals surface area contributed by atoms with Crippen LogP contribution in [0.1, 0.15) is 11.1 Å². The summed E-state index contributed by atoms with van der Waals surface area (Å²) >= 11 is 0. The number of nitrogens with one attached hydrogen (secondary N) is 1. The predicted molar refractivity (Wildman–Crippen MR) is 121 cm³/mol. The Kier molecular flexibility index (Phi) is 7.57. The van der Waals surface area contributed by atoms with Crippen LogP contribution in [0.4, 0.5) is 18.9 Å². The molecule has 0 aliphatic rings. The number of hydrogen-bond donors (Lipinski definition) is 1. The highest BCUT2D eigenvalue weighted by Crippen LogP contribution is 2.31. The van der Waals surface area contributed by atoms with Crippen LogP contribution in [0.3, 0.4) is 0 Å². The predicted octanol–water partition coefficient (Wildman–Crippen LogP) is 4.06. The van der Waals surface area contributed by atoms with Gasteiger partial charge in [-0.1, -0.05) is 42.5 Å². The van der Waals surface area contributed by atoms with E-state index in [1.165, 1.54) is 49.6 Å². The molecule has 1 amide bonds. The molecular formula is C23H20F3N3O4S. The zero-order valence-corrected chi connectivity index (χ0v) is 18.7. The van der Waals surface area contributed by atoms with Crippen molar-refractivity contribution in [3.63, 3.8) is 0 Å². The molecule has 1 N–H and O–H groups in total. The average Bonchev–Trinajstić information content (AvgIpc) is 2.82. The fraction of sp³-hybridized carbons (Fsp3) is 0.130. The van der Waals surface area contributed by atoms with Gasteiger partial charge in [-0.05, 0) is 30.3 Å². The molecule has 0 saturated heterocycles. The van der Waals surface area contributed by atoms with E-state index in [4.69, 9.17) is 4.74 Å². The summed E-state index contributed by atoms with van der Waals surface area (Å²) in [6.07, 6.45) is -3.75. The maximum absolute atomic E-state index is 13.3. The molecule has 3 aromatic carbocycles. The van der Waals surface area contributed by atoms with E-state index in [1.54, 1.807) is 30.3 Å². The van der Waals surface area contributed by atoms with Gasteiger partial charge in [0.1, 0.15) is 12.3 Å². The van der Waals surface area contributed by atoms with Gasteiger partial charge < -0.3 is 4.74 Å². The third-order valence-electron chi connectivity index (χ3n) is 4.62. The summed E-state index contributed by atoms with van der Waals surface area (Å²) in [4.78, 5) is 12.5. The lowest BCUT2D eigenvalue weighted by Gasteiger charge is -2.24. The number of carbonyl (C=O) groups is 1. The van der Waals surface area contributed by atoms with Gasteiger partial charge in [0, 0.05) is 11.6 Å². The van der Waals surface area contributed by atoms with Crippen LogP contribution in [0.25, 0.3) is 0 Å². The molecule has 0 radical (unpaired) electrons. The number of sulfonamides is 1. The third-order valence-corrected chi connectivity index (χ3v) is 6.41. The minimum Gasteiger partial charge on any atom is -0.497 e. The van der Waals surface area contributed by atoms with Crippen LogP contribution in [0.2, 0.25) is 0 Å². The normalized spacial score (nSPS) is 11.9. The molecule has 0 bridgehead atoms. The van der Waals surface area contributed by atoms with Crippen LogP contribution >= 0.6 is 0 Å². The minimum absolute atomic E-state index is 0.0479. The Balaban J connectivity index is 1.86. The quantitative estimate of drug-likeness (QED) is 0.380. The summed E-state index contributed by atoms with van der Waals surface area (Å²) in [6, 6.07) is 18.3. The lowest BCUT2D eigenvalue weighted by molar-refractivity contribution is -0.137. The fourth-order valence-electron chi connectivity index (χ4n) is 3.01. The van der Waals surface area contributed by atoms with Crippen molar-refractivity contribution in [2.24, 2.45) is 5.10 Å². The van der Waals surface area contributed by atoms with Crippen molar-refractivity contribution in [3.05, 3.63) is 90.0 Å². The fourth-order valence-corrected chi connectivity index (χ4v) is 4.44. The van der Waals surface area contributed by atoms with E-state index in [0.29, 0.717) is 5.75 Å². The maximum Gasteiger partial charge on any atom is 0.417 e. The van der Waals surface area contributed by atoms with E-state index >= 15 is 0 Å². The summed E-state index contributed by atoms with van der Waals surface area (Å²) in [5.74, 6) is -0.490. The number of hydrazone groups is 1. The van der Waals surface area contributed by atoms with Crippen molar-refractivity contribution < 1.29 is 31.1 Å². The molecule has 0 unspecified atom stereocenters. The van der Waals surface area contributed by atoms with Gasteiger partial charge in [0.15, 0.2) is 0 Å². The van der Waals surface area contributed by atoms with E-state index in [0.717, 1.165) is 16.6 Å². The standard InChI is InChI=1S/C23H20F3N3O4S/c1-33-19-10-7-9-18(14-19)29(34(31,32)20-11-3-2-4-12-20)16-22(30)28-27-15-17-8-5-6-13-21(17)23(24,25)26/h2-15H,16H2,1H3,(H,28,30)/b27-15-. The smallest absolute Gasteiger partial charge is 0.417 e. The van der Waals surface area contributed by atoms with Crippen molar-refractivity contribution >= 4 is 27.8 Å². The highest BCUT2D eigenvalue weighted by molar-refractivity contribution is 7.92. The van der Waals surface area contributed by atoms with Gasteiger partial charge in [0.25, 0.3) is 15.9 Å². The SMILES string of the molecule is COc1cccc(N(CC(=O)N/N=C\c2ccccc2C(F)(F)F)S(=O)(=O)c2ccccc2)c1. The van der Waals surface area contributed by atoms with Crippen molar-refractivity contribution in [2.45, 2.75) is 11.1 Å². The Morgan fingerprint density at radius 2 is 1.71 bits per heavy atom. The number of rotatable bonds is 8. The number of anilines is 1. The average molecular weight is 491 g/mol. The lowest BCUT2D eigenvalue weighted by Crippen LogP contribution is -2.39. The van der Waals surface area contributed by atoms with Crippen LogP contribution in [0.15, 0.2) is 88.9 Å². The van der Waals surface area contributed by atoms with Gasteiger partial charge in [-0.15, -0.1) is 0 Å². The van der Waals surface area contributed by atoms with Gasteiger partial charge in [-0.2, -0.15) is 18.3 Å². The Hall–Kier alpha value is -3.86. The van der Waals surface area contributed by atoms with Crippen molar-refractivity contribution in [3.8, 4) is 5.75 Å². The highest BCUT2D eigenvalue weighted by Gasteiger charge is 2.32. The second kappa shape index (κ2) is 10.4. The first-order valence-corrected chi connectivity index (χ1v) is 11.3. The molecule has 0 heterocycles. The number of hydrogen-bond acceptors (Lipinski definition) is 5. The number of alkyl halides is 3. The van der Waals surface area contributed by atoms with Crippen molar-refractivity contribution in [1.29, 1.82) is 0 Å². The third kappa shape index (κ3) is 5.93. The Bertz CT molecular complexity index is 1280. The second-order valence-electron chi connectivity index (χ2n) is 6.90. The largest absolute Gasteiger partial charge is 0.497 e. The summed E-state index contributed by atoms with van der Waals surface area (Å²) in [5, 5.41) is 3.58. The van der Waals surface area contributed by atoms with Crippen molar-refractivity contribution in [1.82, 2.24) is 5.43 Å². The molecule has 7 nitrogen and oxygen atoms in total. The van der Waals surface area contributed by atoms with Crippen molar-refractivity contribution in [2.75, 3.05) is 18.0 Å². The van der Waals surface area contributed by atoms with Gasteiger partial charge in [-0.25, -0.2) is 13.8 Å². The van der Waals surface area contributed by atoms with E-state index in [9.17, 15) is 26.4 Å². The van der Waals surface area contributed by atoms with E-state index in [2.05, 4.69) is 10.5 Å². The molecule has 11 heteroatoms. The summed E-state index contributed by atoms with van der Waals surface area (Å²) in [5.41, 5.74) is 1.07. The van der Waals surface area contributed by atoms with E-state index in [1.807, 2.05) is 0 Å². The van der Waals surface area contributed by atoms with Gasteiger partial charge in [0.05, 0.1) is 29.5 Å². The molecule has 0 aromatic heterocycles. The molecular weight excluding hydrogens is 471 g/mol. The molecule has 0 fully saturated rings. The number of carbonyl (C=O) groups excluding carboxylic acids is 1. The van der Waals surface area contributed by atoms with Gasteiger partial charge >= 0.3 is 6.18 Å². The molecule has 0 spiro atoms. The number of ether oxygens (including phenoxy) is 1. The summed E-state index contributed by atoms with van der Waals surface area (Å²) < 4.78 is 71.9. The number of nitrogens with zero attached hydrogens (tertiary/aromatic N) is 2. The molecule has 0 aliphatic heterocycles. The zero-order valence-electron chi connectivity index (χ0n) is 17.9. The van der Waals surface area contributed by atoms with Crippen LogP contribution in [0, 0.1) is 0 Å². The number of halogens is 3. The highest BCUT2D eigenvalue weighted by atomic mass is 32.2. The monoisotopic (exact) mass is 491 g/mol. The molecule has 3 aromatic rings. The molecule has 0 aliphatic carbocycles. The molecule has 0 atom stereocenters. The van der Waals surface area contributed by atoms with Crippen LogP contribution in [-0.4, -0.2) is 34.2 Å². The van der Waals surface area contributed by atoms with E-state index in [-0.39, 0.29) is 16.1 Å². The van der Waals surface area contributed by atoms with Gasteiger partial charge in [-0.3, -0.25) is 9.10 Å². The second-order valence-corrected chi connectivity index (χ2v) is 8.77. The minimum atomic E-state index is -4.60. The summed E-state index contributed by atoms with van der Waals surface area (Å²) in [7, 11) is -2.75. The first-order valence-electron chi connectivity index (χ1n) is 9.83. The topological polar surface area (TPSA) is 88.1 Å². The number of amides is 1. The van der Waals surface area contributed by atoms with Crippen LogP contribution < -0.4 is 14.5 Å². The van der Waals surface area contributed by atoms with Crippen LogP contribution in [0.5, 0.6) is 5.75 Å². The Morgan fingerprint density at radius 3 is 2.38 bits per heavy atom. The number of methoxy groups -OCH3 is 1. The molecule has 178 valence electrons. The zero-order chi connectivity index (χ0) is 24.8. The molecule has 34 heavy (non-hydrogen) atoms. The Labute approximate surface area is 194 Å².